The van der Waals surface area contributed by atoms with Crippen molar-refractivity contribution in [2.45, 2.75) is 10.6 Å². The fourth-order valence-electron chi connectivity index (χ4n) is 3.59. The summed E-state index contributed by atoms with van der Waals surface area (Å²) in [7, 11) is -3.49. The average molecular weight is 471 g/mol. The molecule has 0 bridgehead atoms. The van der Waals surface area contributed by atoms with E-state index in [-0.39, 0.29) is 10.6 Å². The quantitative estimate of drug-likeness (QED) is 0.383. The third kappa shape index (κ3) is 4.41. The van der Waals surface area contributed by atoms with Gasteiger partial charge in [0.2, 0.25) is 0 Å². The molecule has 0 radical (unpaired) electrons. The van der Waals surface area contributed by atoms with Crippen LogP contribution in [0.1, 0.15) is 5.56 Å². The van der Waals surface area contributed by atoms with Crippen LogP contribution in [-0.4, -0.2) is 28.4 Å². The number of hydrogen-bond acceptors (Lipinski definition) is 5. The number of benzene rings is 3. The van der Waals surface area contributed by atoms with Crippen molar-refractivity contribution in [1.82, 2.24) is 4.98 Å². The minimum absolute atomic E-state index is 0.128. The van der Waals surface area contributed by atoms with Crippen molar-refractivity contribution in [2.75, 3.05) is 6.26 Å². The molecule has 0 aliphatic rings. The number of aromatic nitrogens is 1. The summed E-state index contributed by atoms with van der Waals surface area (Å²) in [5.41, 5.74) is 3.82. The maximum Gasteiger partial charge on any atom is 0.177 e. The predicted molar refractivity (Wildman–Crippen MR) is 123 cm³/mol. The molecule has 1 aromatic heterocycles. The number of para-hydroxylation sites is 1. The van der Waals surface area contributed by atoms with E-state index < -0.39 is 20.9 Å². The van der Waals surface area contributed by atoms with Crippen molar-refractivity contribution in [1.29, 1.82) is 0 Å². The van der Waals surface area contributed by atoms with Crippen molar-refractivity contribution in [3.05, 3.63) is 83.5 Å². The Kier molecular flexibility index (Phi) is 5.94. The van der Waals surface area contributed by atoms with Gasteiger partial charge in [-0.2, -0.15) is 0 Å². The van der Waals surface area contributed by atoms with Gasteiger partial charge in [-0.25, -0.2) is 8.42 Å². The zero-order valence-corrected chi connectivity index (χ0v) is 18.8. The number of pyridine rings is 1. The SMILES string of the molecule is CS(=O)(=O)c1cccc2c(-c3cc(-c4ccccc4)cc(CS(=O)[O-])c3Cl)ccnc12. The van der Waals surface area contributed by atoms with E-state index in [0.717, 1.165) is 17.4 Å². The number of rotatable bonds is 5. The van der Waals surface area contributed by atoms with Gasteiger partial charge in [0.1, 0.15) is 0 Å². The summed E-state index contributed by atoms with van der Waals surface area (Å²) in [6.07, 6.45) is 2.67. The molecular weight excluding hydrogens is 454 g/mol. The second-order valence-corrected chi connectivity index (χ2v) is 10.4. The van der Waals surface area contributed by atoms with Crippen molar-refractivity contribution >= 4 is 43.4 Å². The second kappa shape index (κ2) is 8.51. The summed E-state index contributed by atoms with van der Waals surface area (Å²) in [5, 5.41) is 0.924. The highest BCUT2D eigenvalue weighted by Crippen LogP contribution is 2.39. The zero-order valence-electron chi connectivity index (χ0n) is 16.4. The number of sulfone groups is 1. The summed E-state index contributed by atoms with van der Waals surface area (Å²) in [6, 6.07) is 19.9. The first kappa shape index (κ1) is 21.6. The molecule has 0 aliphatic heterocycles. The van der Waals surface area contributed by atoms with Crippen LogP contribution in [0.2, 0.25) is 5.02 Å². The Hall–Kier alpha value is -2.58. The molecule has 8 heteroatoms. The molecule has 4 aromatic rings. The minimum atomic E-state index is -3.49. The lowest BCUT2D eigenvalue weighted by Gasteiger charge is -2.16. The summed E-state index contributed by atoms with van der Waals surface area (Å²) in [5.74, 6) is -0.232. The molecule has 1 unspecified atom stereocenters. The first-order valence-corrected chi connectivity index (χ1v) is 12.8. The van der Waals surface area contributed by atoms with Crippen LogP contribution >= 0.6 is 11.6 Å². The highest BCUT2D eigenvalue weighted by Gasteiger charge is 2.18. The maximum atomic E-state index is 12.2. The van der Waals surface area contributed by atoms with Gasteiger partial charge in [0, 0.05) is 29.2 Å². The van der Waals surface area contributed by atoms with E-state index in [4.69, 9.17) is 11.6 Å². The van der Waals surface area contributed by atoms with Crippen LogP contribution in [0.5, 0.6) is 0 Å². The van der Waals surface area contributed by atoms with Crippen LogP contribution in [0, 0.1) is 0 Å². The van der Waals surface area contributed by atoms with E-state index >= 15 is 0 Å². The predicted octanol–water partition coefficient (Wildman–Crippen LogP) is 5.00. The summed E-state index contributed by atoms with van der Waals surface area (Å²) in [6.45, 7) is 0. The molecule has 0 aliphatic carbocycles. The van der Waals surface area contributed by atoms with Crippen LogP contribution in [0.15, 0.2) is 77.8 Å². The summed E-state index contributed by atoms with van der Waals surface area (Å²) < 4.78 is 47.4. The zero-order chi connectivity index (χ0) is 22.2. The molecule has 1 heterocycles. The molecule has 158 valence electrons. The number of hydrogen-bond donors (Lipinski definition) is 0. The van der Waals surface area contributed by atoms with Crippen molar-refractivity contribution in [2.24, 2.45) is 0 Å². The lowest BCUT2D eigenvalue weighted by atomic mass is 9.94. The molecule has 1 atom stereocenters. The van der Waals surface area contributed by atoms with Gasteiger partial charge < -0.3 is 4.55 Å². The topological polar surface area (TPSA) is 87.2 Å². The summed E-state index contributed by atoms with van der Waals surface area (Å²) in [4.78, 5) is 4.42. The first-order valence-electron chi connectivity index (χ1n) is 9.27. The molecule has 0 spiro atoms. The average Bonchev–Trinajstić information content (AvgIpc) is 2.74. The fourth-order valence-corrected chi connectivity index (χ4v) is 5.27. The van der Waals surface area contributed by atoms with Crippen LogP contribution in [0.4, 0.5) is 0 Å². The van der Waals surface area contributed by atoms with Crippen molar-refractivity contribution < 1.29 is 17.2 Å². The highest BCUT2D eigenvalue weighted by atomic mass is 35.5. The maximum absolute atomic E-state index is 12.2. The van der Waals surface area contributed by atoms with E-state index in [1.165, 1.54) is 12.3 Å². The second-order valence-electron chi connectivity index (χ2n) is 7.09. The van der Waals surface area contributed by atoms with Gasteiger partial charge in [-0.1, -0.05) is 65.1 Å². The smallest absolute Gasteiger partial charge is 0.177 e. The molecule has 3 aromatic carbocycles. The molecule has 4 rings (SSSR count). The standard InChI is InChI=1S/C23H18ClNO4S2/c1-31(28,29)21-9-5-8-19-18(10-11-25-23(19)21)20-13-16(15-6-3-2-4-7-15)12-17(22(20)24)14-30(26)27/h2-13H,14H2,1H3,(H,26,27)/p-1. The first-order chi connectivity index (χ1) is 14.8. The van der Waals surface area contributed by atoms with Crippen molar-refractivity contribution in [3.8, 4) is 22.3 Å². The van der Waals surface area contributed by atoms with Gasteiger partial charge in [0.25, 0.3) is 0 Å². The Labute approximate surface area is 187 Å². The number of nitrogens with zero attached hydrogens (tertiary/aromatic N) is 1. The number of halogens is 1. The lowest BCUT2D eigenvalue weighted by molar-refractivity contribution is 0.536. The van der Waals surface area contributed by atoms with E-state index in [2.05, 4.69) is 4.98 Å². The molecule has 0 N–H and O–H groups in total. The molecule has 0 saturated carbocycles. The van der Waals surface area contributed by atoms with E-state index in [9.17, 15) is 17.2 Å². The summed E-state index contributed by atoms with van der Waals surface area (Å²) >= 11 is 4.34. The molecule has 0 saturated heterocycles. The molecule has 0 fully saturated rings. The monoisotopic (exact) mass is 470 g/mol. The minimum Gasteiger partial charge on any atom is -0.772 e. The molecular formula is C23H17ClNO4S2-. The normalized spacial score (nSPS) is 12.7. The van der Waals surface area contributed by atoms with E-state index in [1.807, 2.05) is 36.4 Å². The van der Waals surface area contributed by atoms with Crippen LogP contribution in [-0.2, 0) is 26.7 Å². The van der Waals surface area contributed by atoms with Gasteiger partial charge in [0.05, 0.1) is 15.4 Å². The van der Waals surface area contributed by atoms with E-state index in [0.29, 0.717) is 32.6 Å². The van der Waals surface area contributed by atoms with Gasteiger partial charge in [0.15, 0.2) is 9.84 Å². The Balaban J connectivity index is 2.04. The van der Waals surface area contributed by atoms with Gasteiger partial charge in [-0.05, 0) is 46.5 Å². The van der Waals surface area contributed by atoms with Crippen LogP contribution in [0.3, 0.4) is 0 Å². The lowest BCUT2D eigenvalue weighted by Crippen LogP contribution is -2.00. The molecule has 31 heavy (non-hydrogen) atoms. The molecule has 0 amide bonds. The van der Waals surface area contributed by atoms with Crippen LogP contribution in [0.25, 0.3) is 33.2 Å². The van der Waals surface area contributed by atoms with Gasteiger partial charge >= 0.3 is 0 Å². The van der Waals surface area contributed by atoms with Gasteiger partial charge in [-0.3, -0.25) is 9.19 Å². The molecule has 5 nitrogen and oxygen atoms in total. The van der Waals surface area contributed by atoms with E-state index in [1.54, 1.807) is 24.3 Å². The van der Waals surface area contributed by atoms with Crippen LogP contribution < -0.4 is 0 Å². The third-order valence-electron chi connectivity index (χ3n) is 4.95. The largest absolute Gasteiger partial charge is 0.772 e. The Morgan fingerprint density at radius 1 is 0.968 bits per heavy atom. The Morgan fingerprint density at radius 2 is 1.71 bits per heavy atom. The fraction of sp³-hybridized carbons (Fsp3) is 0.0870. The Morgan fingerprint density at radius 3 is 2.39 bits per heavy atom. The Bertz CT molecular complexity index is 1420. The third-order valence-corrected chi connectivity index (χ3v) is 7.07. The highest BCUT2D eigenvalue weighted by molar-refractivity contribution is 7.91. The van der Waals surface area contributed by atoms with Gasteiger partial charge in [-0.15, -0.1) is 0 Å². The number of fused-ring (bicyclic) bond motifs is 1. The van der Waals surface area contributed by atoms with Crippen molar-refractivity contribution in [3.63, 3.8) is 0 Å².